The van der Waals surface area contributed by atoms with Crippen molar-refractivity contribution in [1.29, 1.82) is 0 Å². The van der Waals surface area contributed by atoms with Crippen LogP contribution < -0.4 is 0 Å². The summed E-state index contributed by atoms with van der Waals surface area (Å²) in [5.41, 5.74) is -2.20. The first-order chi connectivity index (χ1) is 16.5. The van der Waals surface area contributed by atoms with Crippen LogP contribution in [0.15, 0.2) is 0 Å². The van der Waals surface area contributed by atoms with Gasteiger partial charge in [0, 0.05) is 13.2 Å². The summed E-state index contributed by atoms with van der Waals surface area (Å²) in [6, 6.07) is 0. The van der Waals surface area contributed by atoms with E-state index in [9.17, 15) is 23.4 Å². The summed E-state index contributed by atoms with van der Waals surface area (Å²) in [4.78, 5) is 0. The molecule has 4 aliphatic carbocycles. The fourth-order valence-corrected chi connectivity index (χ4v) is 10.00. The zero-order valence-electron chi connectivity index (χ0n) is 21.8. The molecule has 5 rings (SSSR count). The summed E-state index contributed by atoms with van der Waals surface area (Å²) in [6.07, 6.45) is 7.44. The molecule has 9 atom stereocenters. The Morgan fingerprint density at radius 1 is 0.886 bits per heavy atom. The van der Waals surface area contributed by atoms with Crippen molar-refractivity contribution in [1.82, 2.24) is 0 Å². The number of hydrogen-bond donors (Lipinski definition) is 2. The third-order valence-electron chi connectivity index (χ3n) is 12.3. The molecule has 0 aromatic rings. The SMILES string of the molecule is C[C@]12CC[C@@](O)(C(F)(F)F)C[C@@H]1CC[C@@H]1[C@@H]2CC[C@]2(C)[C@H](CCC[C@@H](O)C3CCOCC3)CC[C@@H]12. The Hall–Kier alpha value is -0.330. The number of alkyl halides is 3. The lowest BCUT2D eigenvalue weighted by Gasteiger charge is -2.62. The highest BCUT2D eigenvalue weighted by molar-refractivity contribution is 5.11. The largest absolute Gasteiger partial charge is 0.417 e. The van der Waals surface area contributed by atoms with Crippen LogP contribution in [0.5, 0.6) is 0 Å². The third kappa shape index (κ3) is 4.50. The molecule has 0 spiro atoms. The number of ether oxygens (including phenoxy) is 1. The van der Waals surface area contributed by atoms with Gasteiger partial charge in [-0.05, 0) is 130 Å². The number of hydrogen-bond acceptors (Lipinski definition) is 3. The summed E-state index contributed by atoms with van der Waals surface area (Å²) in [5, 5.41) is 21.1. The summed E-state index contributed by atoms with van der Waals surface area (Å²) in [5.74, 6) is 2.91. The van der Waals surface area contributed by atoms with Gasteiger partial charge < -0.3 is 14.9 Å². The highest BCUT2D eigenvalue weighted by Gasteiger charge is 2.64. The Labute approximate surface area is 209 Å². The molecule has 5 fully saturated rings. The van der Waals surface area contributed by atoms with E-state index in [0.717, 1.165) is 58.2 Å². The van der Waals surface area contributed by atoms with Crippen LogP contribution in [-0.2, 0) is 4.74 Å². The monoisotopic (exact) mass is 500 g/mol. The molecule has 0 amide bonds. The molecule has 1 saturated heterocycles. The average molecular weight is 501 g/mol. The van der Waals surface area contributed by atoms with E-state index < -0.39 is 11.8 Å². The van der Waals surface area contributed by atoms with Crippen molar-refractivity contribution in [3.63, 3.8) is 0 Å². The minimum atomic E-state index is -4.52. The number of fused-ring (bicyclic) bond motifs is 5. The second-order valence-electron chi connectivity index (χ2n) is 13.7. The van der Waals surface area contributed by atoms with Gasteiger partial charge in [-0.1, -0.05) is 20.3 Å². The smallest absolute Gasteiger partial charge is 0.393 e. The Morgan fingerprint density at radius 2 is 1.60 bits per heavy atom. The van der Waals surface area contributed by atoms with Crippen LogP contribution in [0.1, 0.15) is 104 Å². The van der Waals surface area contributed by atoms with E-state index in [-0.39, 0.29) is 30.3 Å². The van der Waals surface area contributed by atoms with Crippen LogP contribution in [0.3, 0.4) is 0 Å². The molecule has 1 aliphatic heterocycles. The van der Waals surface area contributed by atoms with Gasteiger partial charge in [-0.3, -0.25) is 0 Å². The Balaban J connectivity index is 1.20. The normalized spacial score (nSPS) is 47.6. The standard InChI is InChI=1S/C29H47F3O3/c1-26-13-10-24-22(8-6-21-18-28(34,29(30,31)32)15-14-27(21,24)2)23(26)9-7-20(26)4-3-5-25(33)19-11-16-35-17-12-19/h19-25,33-34H,3-18H2,1-2H3/t20-,21+,22+,23+,24+,25-,26-,27+,28+/m1/s1. The van der Waals surface area contributed by atoms with Gasteiger partial charge in [0.2, 0.25) is 0 Å². The van der Waals surface area contributed by atoms with Crippen LogP contribution in [0, 0.1) is 46.3 Å². The molecule has 2 N–H and O–H groups in total. The predicted octanol–water partition coefficient (Wildman–Crippen LogP) is 6.90. The second-order valence-corrected chi connectivity index (χ2v) is 13.7. The maximum atomic E-state index is 13.6. The number of aliphatic hydroxyl groups is 2. The van der Waals surface area contributed by atoms with E-state index in [2.05, 4.69) is 13.8 Å². The molecular formula is C29H47F3O3. The summed E-state index contributed by atoms with van der Waals surface area (Å²) in [7, 11) is 0. The van der Waals surface area contributed by atoms with Crippen molar-refractivity contribution < 1.29 is 28.1 Å². The van der Waals surface area contributed by atoms with Crippen LogP contribution in [0.2, 0.25) is 0 Å². The summed E-state index contributed by atoms with van der Waals surface area (Å²) in [6.45, 7) is 6.33. The van der Waals surface area contributed by atoms with Gasteiger partial charge in [-0.25, -0.2) is 0 Å². The molecule has 6 heteroatoms. The Kier molecular flexibility index (Phi) is 7.10. The highest BCUT2D eigenvalue weighted by atomic mass is 19.4. The van der Waals surface area contributed by atoms with Crippen LogP contribution in [-0.4, -0.2) is 41.3 Å². The Bertz CT molecular complexity index is 752. The van der Waals surface area contributed by atoms with Crippen LogP contribution in [0.4, 0.5) is 13.2 Å². The molecule has 0 bridgehead atoms. The molecule has 5 aliphatic rings. The first-order valence-electron chi connectivity index (χ1n) is 14.5. The molecule has 0 radical (unpaired) electrons. The van der Waals surface area contributed by atoms with E-state index >= 15 is 0 Å². The highest BCUT2D eigenvalue weighted by Crippen LogP contribution is 2.69. The molecule has 4 saturated carbocycles. The molecule has 202 valence electrons. The number of rotatable bonds is 5. The quantitative estimate of drug-likeness (QED) is 0.432. The van der Waals surface area contributed by atoms with Crippen molar-refractivity contribution >= 4 is 0 Å². The molecule has 3 nitrogen and oxygen atoms in total. The van der Waals surface area contributed by atoms with Crippen molar-refractivity contribution in [3.8, 4) is 0 Å². The molecule has 1 heterocycles. The van der Waals surface area contributed by atoms with Crippen molar-refractivity contribution in [2.45, 2.75) is 122 Å². The third-order valence-corrected chi connectivity index (χ3v) is 12.3. The van der Waals surface area contributed by atoms with Crippen LogP contribution >= 0.6 is 0 Å². The van der Waals surface area contributed by atoms with E-state index in [1.807, 2.05) is 0 Å². The van der Waals surface area contributed by atoms with Gasteiger partial charge >= 0.3 is 6.18 Å². The molecular weight excluding hydrogens is 453 g/mol. The van der Waals surface area contributed by atoms with E-state index in [1.165, 1.54) is 25.7 Å². The number of aliphatic hydroxyl groups excluding tert-OH is 1. The minimum Gasteiger partial charge on any atom is -0.393 e. The van der Waals surface area contributed by atoms with Gasteiger partial charge in [-0.15, -0.1) is 0 Å². The first-order valence-corrected chi connectivity index (χ1v) is 14.5. The molecule has 0 aromatic heterocycles. The van der Waals surface area contributed by atoms with E-state index in [4.69, 9.17) is 4.74 Å². The lowest BCUT2D eigenvalue weighted by molar-refractivity contribution is -0.290. The first kappa shape index (κ1) is 26.3. The van der Waals surface area contributed by atoms with Gasteiger partial charge in [0.15, 0.2) is 5.60 Å². The average Bonchev–Trinajstić information content (AvgIpc) is 3.16. The lowest BCUT2D eigenvalue weighted by Crippen LogP contribution is -2.59. The van der Waals surface area contributed by atoms with Gasteiger partial charge in [0.25, 0.3) is 0 Å². The Morgan fingerprint density at radius 3 is 2.31 bits per heavy atom. The predicted molar refractivity (Wildman–Crippen MR) is 130 cm³/mol. The van der Waals surface area contributed by atoms with Crippen molar-refractivity contribution in [2.24, 2.45) is 46.3 Å². The van der Waals surface area contributed by atoms with E-state index in [0.29, 0.717) is 41.4 Å². The van der Waals surface area contributed by atoms with Crippen molar-refractivity contribution in [3.05, 3.63) is 0 Å². The van der Waals surface area contributed by atoms with E-state index in [1.54, 1.807) is 0 Å². The summed E-state index contributed by atoms with van der Waals surface area (Å²) >= 11 is 0. The second kappa shape index (κ2) is 9.45. The minimum absolute atomic E-state index is 0.0163. The maximum absolute atomic E-state index is 13.6. The van der Waals surface area contributed by atoms with Gasteiger partial charge in [0.1, 0.15) is 0 Å². The van der Waals surface area contributed by atoms with Crippen LogP contribution in [0.25, 0.3) is 0 Å². The van der Waals surface area contributed by atoms with Gasteiger partial charge in [-0.2, -0.15) is 13.2 Å². The topological polar surface area (TPSA) is 49.7 Å². The zero-order chi connectivity index (χ0) is 25.1. The van der Waals surface area contributed by atoms with Crippen molar-refractivity contribution in [2.75, 3.05) is 13.2 Å². The van der Waals surface area contributed by atoms with Gasteiger partial charge in [0.05, 0.1) is 6.10 Å². The fraction of sp³-hybridized carbons (Fsp3) is 1.00. The fourth-order valence-electron chi connectivity index (χ4n) is 10.00. The molecule has 0 aromatic carbocycles. The maximum Gasteiger partial charge on any atom is 0.417 e. The lowest BCUT2D eigenvalue weighted by atomic mass is 9.43. The summed E-state index contributed by atoms with van der Waals surface area (Å²) < 4.78 is 46.2. The number of halogens is 3. The zero-order valence-corrected chi connectivity index (χ0v) is 21.8. The molecule has 35 heavy (non-hydrogen) atoms. The molecule has 0 unspecified atom stereocenters.